The summed E-state index contributed by atoms with van der Waals surface area (Å²) in [6.07, 6.45) is -0.116. The topological polar surface area (TPSA) is 63.6 Å². The Morgan fingerprint density at radius 1 is 1.33 bits per heavy atom. The van der Waals surface area contributed by atoms with Gasteiger partial charge < -0.3 is 9.84 Å². The third-order valence-electron chi connectivity index (χ3n) is 1.69. The van der Waals surface area contributed by atoms with E-state index in [1.807, 2.05) is 13.8 Å². The zero-order valence-corrected chi connectivity index (χ0v) is 11.0. The normalized spacial score (nSPS) is 15.1. The second kappa shape index (κ2) is 5.49. The van der Waals surface area contributed by atoms with Crippen molar-refractivity contribution in [2.75, 3.05) is 0 Å². The molecule has 0 rings (SSSR count). The number of carboxylic acid groups (broad SMARTS) is 1. The van der Waals surface area contributed by atoms with E-state index < -0.39 is 16.3 Å². The van der Waals surface area contributed by atoms with Crippen LogP contribution in [0.15, 0.2) is 0 Å². The Morgan fingerprint density at radius 2 is 1.80 bits per heavy atom. The lowest BCUT2D eigenvalue weighted by Crippen LogP contribution is -2.44. The predicted molar refractivity (Wildman–Crippen MR) is 60.0 cm³/mol. The van der Waals surface area contributed by atoms with E-state index in [-0.39, 0.29) is 18.4 Å². The molecule has 0 amide bonds. The summed E-state index contributed by atoms with van der Waals surface area (Å²) < 4.78 is 3.29. The number of carbonyl (C=O) groups is 2. The van der Waals surface area contributed by atoms with Crippen LogP contribution in [-0.4, -0.2) is 27.5 Å². The van der Waals surface area contributed by atoms with Gasteiger partial charge >= 0.3 is 11.9 Å². The van der Waals surface area contributed by atoms with E-state index >= 15 is 0 Å². The van der Waals surface area contributed by atoms with Gasteiger partial charge in [-0.05, 0) is 26.2 Å². The molecule has 0 aliphatic heterocycles. The standard InChI is InChI=1S/C10H17BrO4/c1-6(2)5-10(11,8(12)13)9(14)15-7(3)4/h6-7H,5H2,1-4H3,(H,12,13). The summed E-state index contributed by atoms with van der Waals surface area (Å²) in [6, 6.07) is 0. The van der Waals surface area contributed by atoms with Crippen molar-refractivity contribution in [1.29, 1.82) is 0 Å². The van der Waals surface area contributed by atoms with Crippen LogP contribution >= 0.6 is 15.9 Å². The average Bonchev–Trinajstić information content (AvgIpc) is 2.00. The quantitative estimate of drug-likeness (QED) is 0.476. The third kappa shape index (κ3) is 4.20. The molecule has 0 heterocycles. The van der Waals surface area contributed by atoms with Crippen molar-refractivity contribution in [3.63, 3.8) is 0 Å². The lowest BCUT2D eigenvalue weighted by Gasteiger charge is -2.23. The molecular weight excluding hydrogens is 264 g/mol. The zero-order chi connectivity index (χ0) is 12.2. The van der Waals surface area contributed by atoms with Gasteiger partial charge in [-0.15, -0.1) is 0 Å². The largest absolute Gasteiger partial charge is 0.480 e. The molecule has 0 fully saturated rings. The third-order valence-corrected chi connectivity index (χ3v) is 2.68. The van der Waals surface area contributed by atoms with Gasteiger partial charge in [-0.25, -0.2) is 4.79 Å². The van der Waals surface area contributed by atoms with Crippen LogP contribution in [0.3, 0.4) is 0 Å². The predicted octanol–water partition coefficient (Wildman–Crippen LogP) is 2.20. The van der Waals surface area contributed by atoms with Crippen molar-refractivity contribution >= 4 is 27.9 Å². The van der Waals surface area contributed by atoms with Gasteiger partial charge in [-0.2, -0.15) is 0 Å². The molecule has 4 nitrogen and oxygen atoms in total. The Bertz CT molecular complexity index is 250. The van der Waals surface area contributed by atoms with E-state index in [2.05, 4.69) is 15.9 Å². The number of halogens is 1. The molecule has 0 aromatic carbocycles. The molecule has 15 heavy (non-hydrogen) atoms. The fraction of sp³-hybridized carbons (Fsp3) is 0.800. The molecule has 0 aliphatic rings. The number of carboxylic acids is 1. The smallest absolute Gasteiger partial charge is 0.334 e. The second-order valence-corrected chi connectivity index (χ2v) is 5.51. The molecule has 1 atom stereocenters. The minimum Gasteiger partial charge on any atom is -0.480 e. The fourth-order valence-electron chi connectivity index (χ4n) is 1.13. The molecule has 0 aliphatic carbocycles. The highest BCUT2D eigenvalue weighted by Gasteiger charge is 2.46. The maximum absolute atomic E-state index is 11.6. The van der Waals surface area contributed by atoms with E-state index in [1.54, 1.807) is 13.8 Å². The summed E-state index contributed by atoms with van der Waals surface area (Å²) in [5.41, 5.74) is 0. The number of carbonyl (C=O) groups excluding carboxylic acids is 1. The van der Waals surface area contributed by atoms with Crippen molar-refractivity contribution < 1.29 is 19.4 Å². The first-order valence-corrected chi connectivity index (χ1v) is 5.62. The van der Waals surface area contributed by atoms with Gasteiger partial charge in [0, 0.05) is 0 Å². The van der Waals surface area contributed by atoms with Crippen LogP contribution in [0.1, 0.15) is 34.1 Å². The minimum atomic E-state index is -1.62. The molecule has 0 saturated heterocycles. The number of aliphatic carboxylic acids is 1. The van der Waals surface area contributed by atoms with Gasteiger partial charge in [0.05, 0.1) is 6.10 Å². The van der Waals surface area contributed by atoms with Crippen molar-refractivity contribution in [1.82, 2.24) is 0 Å². The highest BCUT2D eigenvalue weighted by molar-refractivity contribution is 9.10. The molecule has 0 saturated carbocycles. The van der Waals surface area contributed by atoms with Gasteiger partial charge in [0.2, 0.25) is 4.32 Å². The van der Waals surface area contributed by atoms with E-state index in [1.165, 1.54) is 0 Å². The molecule has 0 aromatic heterocycles. The Balaban J connectivity index is 4.78. The highest BCUT2D eigenvalue weighted by atomic mass is 79.9. The molecule has 1 unspecified atom stereocenters. The molecule has 5 heteroatoms. The van der Waals surface area contributed by atoms with Gasteiger partial charge in [-0.3, -0.25) is 4.79 Å². The lowest BCUT2D eigenvalue weighted by atomic mass is 9.97. The Morgan fingerprint density at radius 3 is 2.07 bits per heavy atom. The number of hydrogen-bond donors (Lipinski definition) is 1. The molecule has 88 valence electrons. The Labute approximate surface area is 98.1 Å². The first-order valence-electron chi connectivity index (χ1n) is 4.83. The number of rotatable bonds is 5. The number of hydrogen-bond acceptors (Lipinski definition) is 3. The van der Waals surface area contributed by atoms with Crippen LogP contribution in [0.5, 0.6) is 0 Å². The van der Waals surface area contributed by atoms with Gasteiger partial charge in [0.1, 0.15) is 0 Å². The number of ether oxygens (including phenoxy) is 1. The van der Waals surface area contributed by atoms with E-state index in [4.69, 9.17) is 9.84 Å². The fourth-order valence-corrected chi connectivity index (χ4v) is 1.87. The summed E-state index contributed by atoms with van der Waals surface area (Å²) in [7, 11) is 0. The number of alkyl halides is 1. The molecule has 1 N–H and O–H groups in total. The summed E-state index contributed by atoms with van der Waals surface area (Å²) in [5.74, 6) is -1.86. The zero-order valence-electron chi connectivity index (χ0n) is 9.41. The van der Waals surface area contributed by atoms with E-state index in [0.29, 0.717) is 0 Å². The summed E-state index contributed by atoms with van der Waals surface area (Å²) in [6.45, 7) is 7.06. The Kier molecular flexibility index (Phi) is 5.28. The molecule has 0 radical (unpaired) electrons. The van der Waals surface area contributed by atoms with Crippen LogP contribution in [0.2, 0.25) is 0 Å². The van der Waals surface area contributed by atoms with Crippen LogP contribution < -0.4 is 0 Å². The van der Waals surface area contributed by atoms with Crippen LogP contribution in [0.25, 0.3) is 0 Å². The molecule has 0 spiro atoms. The molecule has 0 bridgehead atoms. The first kappa shape index (κ1) is 14.4. The average molecular weight is 281 g/mol. The van der Waals surface area contributed by atoms with Gasteiger partial charge in [0.15, 0.2) is 0 Å². The second-order valence-electron chi connectivity index (χ2n) is 4.16. The van der Waals surface area contributed by atoms with Crippen LogP contribution in [-0.2, 0) is 14.3 Å². The molecule has 0 aromatic rings. The van der Waals surface area contributed by atoms with Crippen LogP contribution in [0, 0.1) is 5.92 Å². The highest BCUT2D eigenvalue weighted by Crippen LogP contribution is 2.29. The van der Waals surface area contributed by atoms with Crippen LogP contribution in [0.4, 0.5) is 0 Å². The molecular formula is C10H17BrO4. The van der Waals surface area contributed by atoms with Crippen molar-refractivity contribution in [2.24, 2.45) is 5.92 Å². The minimum absolute atomic E-state index is 0.0835. The Hall–Kier alpha value is -0.580. The summed E-state index contributed by atoms with van der Waals surface area (Å²) >= 11 is 2.97. The number of esters is 1. The van der Waals surface area contributed by atoms with Crippen molar-refractivity contribution in [3.05, 3.63) is 0 Å². The first-order chi connectivity index (χ1) is 6.70. The maximum Gasteiger partial charge on any atom is 0.334 e. The monoisotopic (exact) mass is 280 g/mol. The maximum atomic E-state index is 11.6. The summed E-state index contributed by atoms with van der Waals surface area (Å²) in [4.78, 5) is 22.6. The lowest BCUT2D eigenvalue weighted by molar-refractivity contribution is -0.158. The van der Waals surface area contributed by atoms with E-state index in [0.717, 1.165) is 0 Å². The SMILES string of the molecule is CC(C)CC(Br)(C(=O)O)C(=O)OC(C)C. The summed E-state index contributed by atoms with van der Waals surface area (Å²) in [5, 5.41) is 9.02. The van der Waals surface area contributed by atoms with E-state index in [9.17, 15) is 9.59 Å². The van der Waals surface area contributed by atoms with Gasteiger partial charge in [-0.1, -0.05) is 29.8 Å². The van der Waals surface area contributed by atoms with Gasteiger partial charge in [0.25, 0.3) is 0 Å². The van der Waals surface area contributed by atoms with Crippen molar-refractivity contribution in [3.8, 4) is 0 Å². The van der Waals surface area contributed by atoms with Crippen molar-refractivity contribution in [2.45, 2.75) is 44.5 Å².